The van der Waals surface area contributed by atoms with E-state index in [0.717, 1.165) is 22.9 Å². The summed E-state index contributed by atoms with van der Waals surface area (Å²) in [6, 6.07) is 12.1. The predicted octanol–water partition coefficient (Wildman–Crippen LogP) is 3.77. The van der Waals surface area contributed by atoms with Gasteiger partial charge in [0, 0.05) is 5.56 Å². The molecule has 1 heteroatoms. The molecule has 0 fully saturated rings. The second kappa shape index (κ2) is 4.31. The molecule has 0 N–H and O–H groups in total. The lowest BCUT2D eigenvalue weighted by atomic mass is 9.97. The number of ketones is 1. The molecular formula is C15H14O. The Balaban J connectivity index is 2.70. The highest BCUT2D eigenvalue weighted by molar-refractivity contribution is 6.00. The zero-order valence-corrected chi connectivity index (χ0v) is 9.36. The fourth-order valence-electron chi connectivity index (χ4n) is 1.94. The number of carbonyl (C=O) groups is 1. The molecule has 0 aliphatic rings. The van der Waals surface area contributed by atoms with Crippen LogP contribution in [0.15, 0.2) is 49.1 Å². The first kappa shape index (κ1) is 10.6. The van der Waals surface area contributed by atoms with E-state index in [4.69, 9.17) is 0 Å². The number of rotatable bonds is 3. The van der Waals surface area contributed by atoms with Crippen LogP contribution in [0, 0.1) is 0 Å². The van der Waals surface area contributed by atoms with Crippen molar-refractivity contribution in [1.82, 2.24) is 0 Å². The zero-order valence-electron chi connectivity index (χ0n) is 9.36. The predicted molar refractivity (Wildman–Crippen MR) is 67.9 cm³/mol. The summed E-state index contributed by atoms with van der Waals surface area (Å²) < 4.78 is 0. The summed E-state index contributed by atoms with van der Waals surface area (Å²) in [5.74, 6) is 0.114. The largest absolute Gasteiger partial charge is 0.295 e. The Morgan fingerprint density at radius 3 is 2.44 bits per heavy atom. The molecule has 0 radical (unpaired) electrons. The van der Waals surface area contributed by atoms with E-state index in [1.807, 2.05) is 30.3 Å². The highest BCUT2D eigenvalue weighted by Gasteiger charge is 2.07. The number of fused-ring (bicyclic) bond motifs is 1. The van der Waals surface area contributed by atoms with E-state index in [-0.39, 0.29) is 5.78 Å². The first-order valence-electron chi connectivity index (χ1n) is 5.36. The summed E-state index contributed by atoms with van der Waals surface area (Å²) in [6.45, 7) is 5.33. The van der Waals surface area contributed by atoms with Crippen LogP contribution in [0.1, 0.15) is 22.8 Å². The van der Waals surface area contributed by atoms with Crippen molar-refractivity contribution in [2.45, 2.75) is 13.3 Å². The molecule has 0 bridgehead atoms. The summed E-state index contributed by atoms with van der Waals surface area (Å²) >= 11 is 0. The van der Waals surface area contributed by atoms with Crippen LogP contribution in [0.5, 0.6) is 0 Å². The maximum absolute atomic E-state index is 11.6. The van der Waals surface area contributed by atoms with Crippen LogP contribution in [0.3, 0.4) is 0 Å². The topological polar surface area (TPSA) is 17.1 Å². The number of hydrogen-bond acceptors (Lipinski definition) is 1. The van der Waals surface area contributed by atoms with E-state index in [1.54, 1.807) is 6.92 Å². The Morgan fingerprint density at radius 1 is 1.25 bits per heavy atom. The van der Waals surface area contributed by atoms with Crippen molar-refractivity contribution >= 4 is 16.6 Å². The number of benzene rings is 2. The van der Waals surface area contributed by atoms with Crippen molar-refractivity contribution in [3.05, 3.63) is 60.2 Å². The summed E-state index contributed by atoms with van der Waals surface area (Å²) in [5, 5.41) is 2.28. The lowest BCUT2D eigenvalue weighted by Gasteiger charge is -2.07. The van der Waals surface area contributed by atoms with Crippen LogP contribution < -0.4 is 0 Å². The third-order valence-corrected chi connectivity index (χ3v) is 2.72. The Hall–Kier alpha value is -1.89. The second-order valence-electron chi connectivity index (χ2n) is 3.91. The van der Waals surface area contributed by atoms with Gasteiger partial charge in [-0.15, -0.1) is 6.58 Å². The van der Waals surface area contributed by atoms with Gasteiger partial charge in [-0.25, -0.2) is 0 Å². The Morgan fingerprint density at radius 2 is 1.88 bits per heavy atom. The van der Waals surface area contributed by atoms with Crippen molar-refractivity contribution in [2.75, 3.05) is 0 Å². The SMILES string of the molecule is C=CCc1cc2ccccc2cc1C(C)=O. The van der Waals surface area contributed by atoms with Crippen molar-refractivity contribution in [1.29, 1.82) is 0 Å². The van der Waals surface area contributed by atoms with E-state index >= 15 is 0 Å². The van der Waals surface area contributed by atoms with Gasteiger partial charge in [0.1, 0.15) is 0 Å². The monoisotopic (exact) mass is 210 g/mol. The first-order chi connectivity index (χ1) is 7.72. The quantitative estimate of drug-likeness (QED) is 0.556. The minimum absolute atomic E-state index is 0.114. The molecule has 2 aromatic carbocycles. The van der Waals surface area contributed by atoms with Crippen LogP contribution in [0.25, 0.3) is 10.8 Å². The molecule has 0 unspecified atom stereocenters. The first-order valence-corrected chi connectivity index (χ1v) is 5.36. The molecule has 0 spiro atoms. The van der Waals surface area contributed by atoms with Gasteiger partial charge in [-0.2, -0.15) is 0 Å². The Bertz CT molecular complexity index is 552. The fraction of sp³-hybridized carbons (Fsp3) is 0.133. The van der Waals surface area contributed by atoms with Crippen molar-refractivity contribution in [2.24, 2.45) is 0 Å². The Labute approximate surface area is 95.4 Å². The maximum Gasteiger partial charge on any atom is 0.160 e. The van der Waals surface area contributed by atoms with Crippen LogP contribution >= 0.6 is 0 Å². The minimum Gasteiger partial charge on any atom is -0.295 e. The van der Waals surface area contributed by atoms with Crippen LogP contribution in [0.4, 0.5) is 0 Å². The van der Waals surface area contributed by atoms with Gasteiger partial charge in [0.15, 0.2) is 5.78 Å². The molecule has 2 aromatic rings. The van der Waals surface area contributed by atoms with Crippen molar-refractivity contribution in [3.63, 3.8) is 0 Å². The molecule has 0 heterocycles. The van der Waals surface area contributed by atoms with Gasteiger partial charge in [0.05, 0.1) is 0 Å². The van der Waals surface area contributed by atoms with Crippen molar-refractivity contribution in [3.8, 4) is 0 Å². The number of Topliss-reactive ketones (excluding diaryl/α,β-unsaturated/α-hetero) is 1. The molecule has 0 amide bonds. The molecule has 80 valence electrons. The van der Waals surface area contributed by atoms with Gasteiger partial charge in [0.2, 0.25) is 0 Å². The van der Waals surface area contributed by atoms with Crippen molar-refractivity contribution < 1.29 is 4.79 Å². The third kappa shape index (κ3) is 1.89. The van der Waals surface area contributed by atoms with Crippen LogP contribution in [-0.4, -0.2) is 5.78 Å². The number of hydrogen-bond donors (Lipinski definition) is 0. The lowest BCUT2D eigenvalue weighted by Crippen LogP contribution is -1.99. The molecule has 0 aliphatic heterocycles. The maximum atomic E-state index is 11.6. The normalized spacial score (nSPS) is 10.3. The lowest BCUT2D eigenvalue weighted by molar-refractivity contribution is 0.101. The number of allylic oxidation sites excluding steroid dienone is 1. The van der Waals surface area contributed by atoms with E-state index in [9.17, 15) is 4.79 Å². The van der Waals surface area contributed by atoms with Gasteiger partial charge in [0.25, 0.3) is 0 Å². The molecule has 0 atom stereocenters. The zero-order chi connectivity index (χ0) is 11.5. The molecular weight excluding hydrogens is 196 g/mol. The molecule has 1 nitrogen and oxygen atoms in total. The van der Waals surface area contributed by atoms with E-state index in [1.165, 1.54) is 5.39 Å². The average molecular weight is 210 g/mol. The minimum atomic E-state index is 0.114. The number of carbonyl (C=O) groups excluding carboxylic acids is 1. The fourth-order valence-corrected chi connectivity index (χ4v) is 1.94. The standard InChI is InChI=1S/C15H14O/c1-3-6-14-9-12-7-4-5-8-13(12)10-15(14)11(2)16/h3-5,7-10H,1,6H2,2H3. The van der Waals surface area contributed by atoms with Gasteiger partial charge < -0.3 is 0 Å². The molecule has 16 heavy (non-hydrogen) atoms. The van der Waals surface area contributed by atoms with Gasteiger partial charge in [-0.3, -0.25) is 4.79 Å². The molecule has 2 rings (SSSR count). The van der Waals surface area contributed by atoms with Gasteiger partial charge in [-0.1, -0.05) is 36.4 Å². The Kier molecular flexibility index (Phi) is 2.86. The molecule has 0 aromatic heterocycles. The van der Waals surface area contributed by atoms with E-state index < -0.39 is 0 Å². The summed E-state index contributed by atoms with van der Waals surface area (Å²) in [7, 11) is 0. The van der Waals surface area contributed by atoms with E-state index in [0.29, 0.717) is 0 Å². The van der Waals surface area contributed by atoms with Gasteiger partial charge in [-0.05, 0) is 35.7 Å². The second-order valence-corrected chi connectivity index (χ2v) is 3.91. The smallest absolute Gasteiger partial charge is 0.160 e. The molecule has 0 saturated heterocycles. The average Bonchev–Trinajstić information content (AvgIpc) is 2.28. The summed E-state index contributed by atoms with van der Waals surface area (Å²) in [5.41, 5.74) is 1.86. The highest BCUT2D eigenvalue weighted by atomic mass is 16.1. The highest BCUT2D eigenvalue weighted by Crippen LogP contribution is 2.21. The summed E-state index contributed by atoms with van der Waals surface area (Å²) in [4.78, 5) is 11.6. The molecule has 0 saturated carbocycles. The molecule has 0 aliphatic carbocycles. The third-order valence-electron chi connectivity index (χ3n) is 2.72. The van der Waals surface area contributed by atoms with Crippen LogP contribution in [-0.2, 0) is 6.42 Å². The summed E-state index contributed by atoms with van der Waals surface area (Å²) in [6.07, 6.45) is 2.57. The van der Waals surface area contributed by atoms with Crippen LogP contribution in [0.2, 0.25) is 0 Å². The van der Waals surface area contributed by atoms with Gasteiger partial charge >= 0.3 is 0 Å². The van der Waals surface area contributed by atoms with E-state index in [2.05, 4.69) is 18.7 Å².